The Balaban J connectivity index is 1.63. The van der Waals surface area contributed by atoms with Crippen molar-refractivity contribution in [2.45, 2.75) is 18.7 Å². The Labute approximate surface area is 125 Å². The summed E-state index contributed by atoms with van der Waals surface area (Å²) in [6.45, 7) is 4.92. The van der Waals surface area contributed by atoms with E-state index in [0.717, 1.165) is 32.8 Å². The van der Waals surface area contributed by atoms with Gasteiger partial charge in [0.25, 0.3) is 0 Å². The van der Waals surface area contributed by atoms with Gasteiger partial charge in [-0.3, -0.25) is 14.6 Å². The molecule has 3 rings (SSSR count). The van der Waals surface area contributed by atoms with E-state index >= 15 is 0 Å². The predicted octanol–water partition coefficient (Wildman–Crippen LogP) is 0.318. The number of carbonyl (C=O) groups excluding carboxylic acids is 1. The molecule has 2 aliphatic heterocycles. The molecule has 2 atom stereocenters. The molecule has 0 bridgehead atoms. The lowest BCUT2D eigenvalue weighted by molar-refractivity contribution is -0.121. The van der Waals surface area contributed by atoms with Crippen LogP contribution in [0.1, 0.15) is 5.56 Å². The molecule has 1 N–H and O–H groups in total. The zero-order chi connectivity index (χ0) is 14.7. The number of morpholine rings is 1. The molecule has 5 nitrogen and oxygen atoms in total. The molecule has 0 aromatic heterocycles. The van der Waals surface area contributed by atoms with Crippen molar-refractivity contribution in [2.24, 2.45) is 0 Å². The normalized spacial score (nSPS) is 26.5. The van der Waals surface area contributed by atoms with Crippen LogP contribution in [0.4, 0.5) is 0 Å². The summed E-state index contributed by atoms with van der Waals surface area (Å²) in [6.07, 6.45) is 0.229. The summed E-state index contributed by atoms with van der Waals surface area (Å²) in [6, 6.07) is 10.9. The van der Waals surface area contributed by atoms with Gasteiger partial charge < -0.3 is 10.1 Å². The third kappa shape index (κ3) is 3.43. The fourth-order valence-electron chi connectivity index (χ4n) is 3.26. The third-order valence-electron chi connectivity index (χ3n) is 4.37. The number of rotatable bonds is 4. The summed E-state index contributed by atoms with van der Waals surface area (Å²) in [5, 5.41) is 2.69. The van der Waals surface area contributed by atoms with Crippen molar-refractivity contribution in [1.82, 2.24) is 15.1 Å². The summed E-state index contributed by atoms with van der Waals surface area (Å²) in [7, 11) is 1.68. The third-order valence-corrected chi connectivity index (χ3v) is 4.37. The molecule has 0 saturated carbocycles. The lowest BCUT2D eigenvalue weighted by atomic mass is 10.1. The Morgan fingerprint density at radius 2 is 2.14 bits per heavy atom. The lowest BCUT2D eigenvalue weighted by Crippen LogP contribution is -2.50. The van der Waals surface area contributed by atoms with Crippen molar-refractivity contribution in [1.29, 1.82) is 0 Å². The molecule has 1 amide bonds. The Bertz CT molecular complexity index is 480. The Morgan fingerprint density at radius 3 is 2.90 bits per heavy atom. The largest absolute Gasteiger partial charge is 0.374 e. The van der Waals surface area contributed by atoms with Crippen molar-refractivity contribution in [3.63, 3.8) is 0 Å². The SMILES string of the molecule is CNC(=O)CN1C[C@H]2OCCN(Cc3ccccc3)[C@H]2C1. The first-order chi connectivity index (χ1) is 10.3. The standard InChI is InChI=1S/C16H23N3O2/c1-17-16(20)12-18-10-14-15(11-18)21-8-7-19(14)9-13-5-3-2-4-6-13/h2-6,14-15H,7-12H2,1H3,(H,17,20)/t14-,15+/m0/s1. The van der Waals surface area contributed by atoms with Gasteiger partial charge in [0.15, 0.2) is 0 Å². The summed E-state index contributed by atoms with van der Waals surface area (Å²) in [5.74, 6) is 0.0725. The van der Waals surface area contributed by atoms with Gasteiger partial charge in [0, 0.05) is 33.2 Å². The first-order valence-electron chi connectivity index (χ1n) is 7.59. The minimum absolute atomic E-state index is 0.0725. The van der Waals surface area contributed by atoms with Gasteiger partial charge in [-0.05, 0) is 5.56 Å². The first kappa shape index (κ1) is 14.5. The minimum atomic E-state index is 0.0725. The fraction of sp³-hybridized carbons (Fsp3) is 0.562. The second kappa shape index (κ2) is 6.56. The van der Waals surface area contributed by atoms with E-state index in [1.165, 1.54) is 5.56 Å². The van der Waals surface area contributed by atoms with Crippen molar-refractivity contribution >= 4 is 5.91 Å². The van der Waals surface area contributed by atoms with Crippen molar-refractivity contribution in [3.05, 3.63) is 35.9 Å². The van der Waals surface area contributed by atoms with E-state index in [-0.39, 0.29) is 12.0 Å². The average Bonchev–Trinajstić information content (AvgIpc) is 2.91. The van der Waals surface area contributed by atoms with Crippen LogP contribution in [0.15, 0.2) is 30.3 Å². The number of carbonyl (C=O) groups is 1. The van der Waals surface area contributed by atoms with Crippen LogP contribution in [-0.4, -0.2) is 67.7 Å². The lowest BCUT2D eigenvalue weighted by Gasteiger charge is -2.37. The van der Waals surface area contributed by atoms with Gasteiger partial charge in [-0.1, -0.05) is 30.3 Å². The molecule has 114 valence electrons. The molecule has 0 radical (unpaired) electrons. The molecule has 5 heteroatoms. The molecule has 0 aliphatic carbocycles. The summed E-state index contributed by atoms with van der Waals surface area (Å²) >= 11 is 0. The van der Waals surface area contributed by atoms with E-state index in [1.54, 1.807) is 7.05 Å². The number of hydrogen-bond acceptors (Lipinski definition) is 4. The van der Waals surface area contributed by atoms with Crippen LogP contribution in [0.25, 0.3) is 0 Å². The maximum atomic E-state index is 11.5. The quantitative estimate of drug-likeness (QED) is 0.867. The minimum Gasteiger partial charge on any atom is -0.374 e. The number of nitrogens with zero attached hydrogens (tertiary/aromatic N) is 2. The molecule has 2 aliphatic rings. The Hall–Kier alpha value is -1.43. The monoisotopic (exact) mass is 289 g/mol. The predicted molar refractivity (Wildman–Crippen MR) is 80.9 cm³/mol. The van der Waals surface area contributed by atoms with Crippen LogP contribution in [0.2, 0.25) is 0 Å². The number of hydrogen-bond donors (Lipinski definition) is 1. The molecule has 1 aromatic rings. The molecule has 0 spiro atoms. The molecular formula is C16H23N3O2. The van der Waals surface area contributed by atoms with Crippen LogP contribution in [0.5, 0.6) is 0 Å². The number of amides is 1. The molecule has 2 fully saturated rings. The zero-order valence-electron chi connectivity index (χ0n) is 12.5. The van der Waals surface area contributed by atoms with E-state index in [4.69, 9.17) is 4.74 Å². The Kier molecular flexibility index (Phi) is 4.53. The number of likely N-dealkylation sites (N-methyl/N-ethyl adjacent to an activating group) is 1. The second-order valence-corrected chi connectivity index (χ2v) is 5.80. The highest BCUT2D eigenvalue weighted by Crippen LogP contribution is 2.24. The number of nitrogens with one attached hydrogen (secondary N) is 1. The van der Waals surface area contributed by atoms with Crippen LogP contribution in [0.3, 0.4) is 0 Å². The number of fused-ring (bicyclic) bond motifs is 1. The van der Waals surface area contributed by atoms with E-state index < -0.39 is 0 Å². The van der Waals surface area contributed by atoms with Crippen LogP contribution in [-0.2, 0) is 16.1 Å². The molecule has 0 unspecified atom stereocenters. The van der Waals surface area contributed by atoms with Gasteiger partial charge in [0.05, 0.1) is 25.3 Å². The molecule has 2 saturated heterocycles. The number of benzene rings is 1. The average molecular weight is 289 g/mol. The maximum Gasteiger partial charge on any atom is 0.233 e. The van der Waals surface area contributed by atoms with E-state index in [9.17, 15) is 4.79 Å². The van der Waals surface area contributed by atoms with Crippen molar-refractivity contribution < 1.29 is 9.53 Å². The zero-order valence-corrected chi connectivity index (χ0v) is 12.5. The van der Waals surface area contributed by atoms with Crippen molar-refractivity contribution in [2.75, 3.05) is 39.8 Å². The highest BCUT2D eigenvalue weighted by atomic mass is 16.5. The smallest absolute Gasteiger partial charge is 0.233 e. The highest BCUT2D eigenvalue weighted by Gasteiger charge is 2.40. The molecule has 1 aromatic carbocycles. The van der Waals surface area contributed by atoms with Crippen molar-refractivity contribution in [3.8, 4) is 0 Å². The van der Waals surface area contributed by atoms with Gasteiger partial charge >= 0.3 is 0 Å². The summed E-state index contributed by atoms with van der Waals surface area (Å²) < 4.78 is 5.90. The van der Waals surface area contributed by atoms with E-state index in [2.05, 4.69) is 39.4 Å². The van der Waals surface area contributed by atoms with Gasteiger partial charge in [0.2, 0.25) is 5.91 Å². The van der Waals surface area contributed by atoms with Crippen LogP contribution < -0.4 is 5.32 Å². The molecular weight excluding hydrogens is 266 g/mol. The maximum absolute atomic E-state index is 11.5. The van der Waals surface area contributed by atoms with E-state index in [1.807, 2.05) is 6.07 Å². The second-order valence-electron chi connectivity index (χ2n) is 5.80. The number of ether oxygens (including phenoxy) is 1. The van der Waals surface area contributed by atoms with E-state index in [0.29, 0.717) is 12.6 Å². The number of likely N-dealkylation sites (tertiary alicyclic amines) is 1. The summed E-state index contributed by atoms with van der Waals surface area (Å²) in [4.78, 5) is 16.2. The molecule has 2 heterocycles. The molecule has 21 heavy (non-hydrogen) atoms. The van der Waals surface area contributed by atoms with Gasteiger partial charge in [-0.25, -0.2) is 0 Å². The fourth-order valence-corrected chi connectivity index (χ4v) is 3.26. The van der Waals surface area contributed by atoms with Crippen LogP contribution in [0, 0.1) is 0 Å². The van der Waals surface area contributed by atoms with Gasteiger partial charge in [0.1, 0.15) is 0 Å². The highest BCUT2D eigenvalue weighted by molar-refractivity contribution is 5.77. The summed E-state index contributed by atoms with van der Waals surface area (Å²) in [5.41, 5.74) is 1.34. The Morgan fingerprint density at radius 1 is 1.33 bits per heavy atom. The van der Waals surface area contributed by atoms with Crippen LogP contribution >= 0.6 is 0 Å². The van der Waals surface area contributed by atoms with Gasteiger partial charge in [-0.2, -0.15) is 0 Å². The first-order valence-corrected chi connectivity index (χ1v) is 7.59. The topological polar surface area (TPSA) is 44.8 Å². The van der Waals surface area contributed by atoms with Gasteiger partial charge in [-0.15, -0.1) is 0 Å².